The highest BCUT2D eigenvalue weighted by Gasteiger charge is 2.32. The normalized spacial score (nSPS) is 22.6. The zero-order chi connectivity index (χ0) is 18.6. The lowest BCUT2D eigenvalue weighted by atomic mass is 9.88. The molecule has 0 spiro atoms. The van der Waals surface area contributed by atoms with Crippen LogP contribution >= 0.6 is 0 Å². The van der Waals surface area contributed by atoms with E-state index < -0.39 is 0 Å². The topological polar surface area (TPSA) is 41.6 Å². The number of urea groups is 1. The Hall–Kier alpha value is -2.40. The number of carbonyl (C=O) groups excluding carboxylic acids is 1. The van der Waals surface area contributed by atoms with Crippen LogP contribution in [0.1, 0.15) is 42.0 Å². The van der Waals surface area contributed by atoms with Gasteiger partial charge in [0.15, 0.2) is 0 Å². The molecule has 2 amide bonds. The van der Waals surface area contributed by atoms with E-state index in [1.807, 2.05) is 17.0 Å². The van der Waals surface area contributed by atoms with E-state index in [0.717, 1.165) is 43.4 Å². The minimum Gasteiger partial charge on any atom is -0.379 e. The van der Waals surface area contributed by atoms with Crippen LogP contribution in [0.4, 0.5) is 9.18 Å². The number of halogens is 1. The number of benzene rings is 2. The fourth-order valence-corrected chi connectivity index (χ4v) is 4.07. The summed E-state index contributed by atoms with van der Waals surface area (Å²) in [7, 11) is 0. The Morgan fingerprint density at radius 1 is 1.11 bits per heavy atom. The molecule has 27 heavy (non-hydrogen) atoms. The molecule has 0 aromatic heterocycles. The maximum absolute atomic E-state index is 13.4. The molecule has 5 heteroatoms. The van der Waals surface area contributed by atoms with Gasteiger partial charge in [-0.25, -0.2) is 9.18 Å². The lowest BCUT2D eigenvalue weighted by Crippen LogP contribution is -2.50. The summed E-state index contributed by atoms with van der Waals surface area (Å²) in [5.41, 5.74) is 3.28. The number of nitrogens with one attached hydrogen (secondary N) is 1. The molecule has 1 fully saturated rings. The van der Waals surface area contributed by atoms with Crippen LogP contribution in [0.5, 0.6) is 0 Å². The maximum Gasteiger partial charge on any atom is 0.318 e. The number of hydrogen-bond acceptors (Lipinski definition) is 2. The zero-order valence-corrected chi connectivity index (χ0v) is 15.4. The van der Waals surface area contributed by atoms with E-state index in [0.29, 0.717) is 13.2 Å². The molecule has 4 nitrogen and oxygen atoms in total. The molecule has 2 aromatic carbocycles. The molecule has 2 atom stereocenters. The van der Waals surface area contributed by atoms with Crippen LogP contribution < -0.4 is 5.32 Å². The van der Waals surface area contributed by atoms with E-state index in [1.165, 1.54) is 17.7 Å². The van der Waals surface area contributed by atoms with Crippen LogP contribution in [0, 0.1) is 5.82 Å². The minimum atomic E-state index is -0.269. The van der Waals surface area contributed by atoms with Crippen molar-refractivity contribution in [3.8, 4) is 0 Å². The van der Waals surface area contributed by atoms with Crippen molar-refractivity contribution in [1.29, 1.82) is 0 Å². The van der Waals surface area contributed by atoms with Crippen molar-refractivity contribution in [3.63, 3.8) is 0 Å². The molecule has 2 heterocycles. The highest BCUT2D eigenvalue weighted by atomic mass is 19.1. The Labute approximate surface area is 159 Å². The van der Waals surface area contributed by atoms with Gasteiger partial charge < -0.3 is 15.0 Å². The van der Waals surface area contributed by atoms with Gasteiger partial charge in [0.2, 0.25) is 0 Å². The molecule has 2 aromatic rings. The number of ether oxygens (including phenoxy) is 1. The lowest BCUT2D eigenvalue weighted by molar-refractivity contribution is 0.121. The summed E-state index contributed by atoms with van der Waals surface area (Å²) < 4.78 is 19.0. The molecule has 0 bridgehead atoms. The lowest BCUT2D eigenvalue weighted by Gasteiger charge is -2.38. The van der Waals surface area contributed by atoms with Crippen LogP contribution in [0.3, 0.4) is 0 Å². The van der Waals surface area contributed by atoms with Gasteiger partial charge in [-0.3, -0.25) is 0 Å². The molecule has 2 aliphatic rings. The number of fused-ring (bicyclic) bond motifs is 1. The van der Waals surface area contributed by atoms with E-state index in [9.17, 15) is 9.18 Å². The monoisotopic (exact) mass is 368 g/mol. The Morgan fingerprint density at radius 2 is 1.93 bits per heavy atom. The zero-order valence-electron chi connectivity index (χ0n) is 15.4. The number of nitrogens with zero attached hydrogens (tertiary/aromatic N) is 1. The third-order valence-electron chi connectivity index (χ3n) is 5.47. The number of rotatable bonds is 2. The summed E-state index contributed by atoms with van der Waals surface area (Å²) in [6, 6.07) is 14.4. The van der Waals surface area contributed by atoms with Gasteiger partial charge in [0.1, 0.15) is 5.82 Å². The van der Waals surface area contributed by atoms with E-state index in [-0.39, 0.29) is 23.9 Å². The molecular weight excluding hydrogens is 343 g/mol. The van der Waals surface area contributed by atoms with Gasteiger partial charge in [-0.1, -0.05) is 36.4 Å². The second-order valence-electron chi connectivity index (χ2n) is 7.31. The van der Waals surface area contributed by atoms with Gasteiger partial charge in [-0.2, -0.15) is 0 Å². The number of amides is 2. The molecule has 0 radical (unpaired) electrons. The van der Waals surface area contributed by atoms with Gasteiger partial charge in [-0.15, -0.1) is 0 Å². The van der Waals surface area contributed by atoms with Crippen molar-refractivity contribution in [3.05, 3.63) is 71.0 Å². The van der Waals surface area contributed by atoms with Crippen molar-refractivity contribution in [2.45, 2.75) is 37.8 Å². The Balaban J connectivity index is 1.62. The molecule has 142 valence electrons. The van der Waals surface area contributed by atoms with Gasteiger partial charge in [0, 0.05) is 13.2 Å². The number of hydrogen-bond donors (Lipinski definition) is 1. The smallest absolute Gasteiger partial charge is 0.318 e. The van der Waals surface area contributed by atoms with Crippen molar-refractivity contribution in [1.82, 2.24) is 10.2 Å². The first kappa shape index (κ1) is 18.0. The minimum absolute atomic E-state index is 0.0473. The van der Waals surface area contributed by atoms with Crippen molar-refractivity contribution in [2.24, 2.45) is 0 Å². The quantitative estimate of drug-likeness (QED) is 0.869. The number of carbonyl (C=O) groups is 1. The van der Waals surface area contributed by atoms with E-state index in [4.69, 9.17) is 4.74 Å². The van der Waals surface area contributed by atoms with Gasteiger partial charge in [-0.05, 0) is 54.5 Å². The average molecular weight is 368 g/mol. The van der Waals surface area contributed by atoms with Crippen molar-refractivity contribution >= 4 is 6.03 Å². The Kier molecular flexibility index (Phi) is 5.39. The average Bonchev–Trinajstić information content (AvgIpc) is 2.96. The molecule has 1 N–H and O–H groups in total. The first-order valence-corrected chi connectivity index (χ1v) is 9.70. The molecular formula is C22H25FN2O2. The predicted octanol–water partition coefficient (Wildman–Crippen LogP) is 4.05. The van der Waals surface area contributed by atoms with Gasteiger partial charge in [0.05, 0.1) is 18.7 Å². The third-order valence-corrected chi connectivity index (χ3v) is 5.47. The molecule has 1 saturated heterocycles. The van der Waals surface area contributed by atoms with Crippen LogP contribution in [-0.4, -0.2) is 36.7 Å². The molecule has 0 saturated carbocycles. The van der Waals surface area contributed by atoms with Crippen LogP contribution in [0.25, 0.3) is 0 Å². The molecule has 4 rings (SSSR count). The summed E-state index contributed by atoms with van der Waals surface area (Å²) >= 11 is 0. The van der Waals surface area contributed by atoms with Crippen LogP contribution in [-0.2, 0) is 11.2 Å². The van der Waals surface area contributed by atoms with Gasteiger partial charge in [0.25, 0.3) is 0 Å². The standard InChI is InChI=1S/C22H25FN2O2/c23-18-10-8-17(9-11-18)21-20-7-2-1-5-16(20)12-13-25(21)22(26)24-19-6-3-4-14-27-15-19/h1-2,5,7-11,19,21H,3-4,6,12-15H2,(H,24,26)/t19-,21+/m1/s1. The van der Waals surface area contributed by atoms with Crippen molar-refractivity contribution < 1.29 is 13.9 Å². The Bertz CT molecular complexity index is 785. The van der Waals surface area contributed by atoms with Crippen molar-refractivity contribution in [2.75, 3.05) is 19.8 Å². The predicted molar refractivity (Wildman–Crippen MR) is 102 cm³/mol. The second kappa shape index (κ2) is 8.09. The largest absolute Gasteiger partial charge is 0.379 e. The first-order chi connectivity index (χ1) is 13.2. The van der Waals surface area contributed by atoms with Crippen LogP contribution in [0.15, 0.2) is 48.5 Å². The SMILES string of the molecule is O=C(N[C@@H]1CCCCOC1)N1CCc2ccccc2[C@@H]1c1ccc(F)cc1. The Morgan fingerprint density at radius 3 is 2.78 bits per heavy atom. The van der Waals surface area contributed by atoms with Crippen LogP contribution in [0.2, 0.25) is 0 Å². The fraction of sp³-hybridized carbons (Fsp3) is 0.409. The molecule has 0 aliphatic carbocycles. The third kappa shape index (κ3) is 3.98. The van der Waals surface area contributed by atoms with E-state index in [1.54, 1.807) is 12.1 Å². The highest BCUT2D eigenvalue weighted by molar-refractivity contribution is 5.76. The maximum atomic E-state index is 13.4. The summed E-state index contributed by atoms with van der Waals surface area (Å²) in [5, 5.41) is 3.16. The van der Waals surface area contributed by atoms with E-state index >= 15 is 0 Å². The summed E-state index contributed by atoms with van der Waals surface area (Å²) in [6.07, 6.45) is 3.87. The van der Waals surface area contributed by atoms with Gasteiger partial charge >= 0.3 is 6.03 Å². The summed E-state index contributed by atoms with van der Waals surface area (Å²) in [4.78, 5) is 15.0. The first-order valence-electron chi connectivity index (χ1n) is 9.70. The second-order valence-corrected chi connectivity index (χ2v) is 7.31. The highest BCUT2D eigenvalue weighted by Crippen LogP contribution is 2.35. The van der Waals surface area contributed by atoms with E-state index in [2.05, 4.69) is 17.4 Å². The molecule has 2 aliphatic heterocycles. The fourth-order valence-electron chi connectivity index (χ4n) is 4.07. The summed E-state index contributed by atoms with van der Waals surface area (Å²) in [5.74, 6) is -0.269. The summed E-state index contributed by atoms with van der Waals surface area (Å²) in [6.45, 7) is 1.97. The molecule has 0 unspecified atom stereocenters.